The van der Waals surface area contributed by atoms with Crippen molar-refractivity contribution in [1.29, 1.82) is 0 Å². The lowest BCUT2D eigenvalue weighted by Gasteiger charge is -2.06. The van der Waals surface area contributed by atoms with E-state index >= 15 is 0 Å². The summed E-state index contributed by atoms with van der Waals surface area (Å²) in [5.74, 6) is -0.362. The average Bonchev–Trinajstić information content (AvgIpc) is 3.05. The number of nitrogens with zero attached hydrogens (tertiary/aromatic N) is 2. The Morgan fingerprint density at radius 1 is 1.04 bits per heavy atom. The molecule has 24 heavy (non-hydrogen) atoms. The number of benzene rings is 2. The van der Waals surface area contributed by atoms with E-state index in [9.17, 15) is 9.59 Å². The van der Waals surface area contributed by atoms with Crippen LogP contribution in [0.4, 0.5) is 4.79 Å². The highest BCUT2D eigenvalue weighted by Crippen LogP contribution is 2.32. The zero-order valence-electron chi connectivity index (χ0n) is 13.4. The summed E-state index contributed by atoms with van der Waals surface area (Å²) in [6.07, 6.45) is 1.01. The number of ether oxygens (including phenoxy) is 1. The van der Waals surface area contributed by atoms with E-state index in [2.05, 4.69) is 29.7 Å². The Kier molecular flexibility index (Phi) is 3.16. The molecule has 1 aliphatic rings. The first-order chi connectivity index (χ1) is 11.6. The molecule has 1 fully saturated rings. The predicted octanol–water partition coefficient (Wildman–Crippen LogP) is 3.76. The van der Waals surface area contributed by atoms with Gasteiger partial charge in [0.2, 0.25) is 0 Å². The minimum atomic E-state index is -0.644. The quantitative estimate of drug-likeness (QED) is 0.676. The van der Waals surface area contributed by atoms with E-state index in [1.165, 1.54) is 12.4 Å². The molecule has 0 bridgehead atoms. The Bertz CT molecular complexity index is 1030. The van der Waals surface area contributed by atoms with Gasteiger partial charge >= 0.3 is 6.09 Å². The van der Waals surface area contributed by atoms with E-state index in [1.54, 1.807) is 6.08 Å². The van der Waals surface area contributed by atoms with Crippen molar-refractivity contribution in [3.63, 3.8) is 0 Å². The summed E-state index contributed by atoms with van der Waals surface area (Å²) in [6.45, 7) is 2.89. The van der Waals surface area contributed by atoms with Gasteiger partial charge in [-0.1, -0.05) is 36.4 Å². The highest BCUT2D eigenvalue weighted by molar-refractivity contribution is 6.13. The van der Waals surface area contributed by atoms with Gasteiger partial charge in [-0.05, 0) is 19.1 Å². The number of likely N-dealkylation sites (N-methyl/N-ethyl adjacent to an activating group) is 1. The zero-order valence-corrected chi connectivity index (χ0v) is 13.4. The molecule has 0 atom stereocenters. The van der Waals surface area contributed by atoms with Gasteiger partial charge in [0.25, 0.3) is 5.91 Å². The van der Waals surface area contributed by atoms with Crippen molar-refractivity contribution in [3.05, 3.63) is 53.8 Å². The van der Waals surface area contributed by atoms with Crippen LogP contribution in [-0.4, -0.2) is 28.5 Å². The molecule has 1 aliphatic heterocycles. The first-order valence-electron chi connectivity index (χ1n) is 7.83. The molecule has 5 nitrogen and oxygen atoms in total. The molecule has 4 rings (SSSR count). The summed E-state index contributed by atoms with van der Waals surface area (Å²) in [5, 5.41) is 2.29. The number of rotatable bonds is 2. The monoisotopic (exact) mass is 320 g/mol. The van der Waals surface area contributed by atoms with Crippen LogP contribution in [0.2, 0.25) is 0 Å². The molecule has 0 N–H and O–H groups in total. The summed E-state index contributed by atoms with van der Waals surface area (Å²) >= 11 is 0. The maximum Gasteiger partial charge on any atom is 0.422 e. The summed E-state index contributed by atoms with van der Waals surface area (Å²) < 4.78 is 7.29. The lowest BCUT2D eigenvalue weighted by Crippen LogP contribution is -2.23. The molecule has 0 radical (unpaired) electrons. The molecule has 2 aromatic carbocycles. The molecule has 2 heterocycles. The van der Waals surface area contributed by atoms with Gasteiger partial charge in [-0.2, -0.15) is 0 Å². The molecular weight excluding hydrogens is 304 g/mol. The number of hydrogen-bond acceptors (Lipinski definition) is 3. The van der Waals surface area contributed by atoms with Crippen LogP contribution in [0.1, 0.15) is 12.5 Å². The van der Waals surface area contributed by atoms with Crippen LogP contribution in [0.5, 0.6) is 0 Å². The number of aromatic nitrogens is 1. The minimum absolute atomic E-state index is 0.0582. The van der Waals surface area contributed by atoms with Gasteiger partial charge in [0.1, 0.15) is 0 Å². The number of hydrogen-bond donors (Lipinski definition) is 0. The molecule has 120 valence electrons. The van der Waals surface area contributed by atoms with Crippen LogP contribution >= 0.6 is 0 Å². The van der Waals surface area contributed by atoms with Crippen LogP contribution in [-0.2, 0) is 16.1 Å². The fourth-order valence-corrected chi connectivity index (χ4v) is 3.27. The van der Waals surface area contributed by atoms with Crippen LogP contribution in [0.15, 0.2) is 48.2 Å². The van der Waals surface area contributed by atoms with Gasteiger partial charge in [-0.25, -0.2) is 9.69 Å². The average molecular weight is 320 g/mol. The third-order valence-electron chi connectivity index (χ3n) is 4.41. The van der Waals surface area contributed by atoms with Crippen molar-refractivity contribution in [2.75, 3.05) is 7.05 Å². The number of fused-ring (bicyclic) bond motifs is 3. The zero-order chi connectivity index (χ0) is 16.8. The number of carbonyl (C=O) groups excluding carboxylic acids is 2. The van der Waals surface area contributed by atoms with Crippen molar-refractivity contribution in [2.45, 2.75) is 13.5 Å². The maximum absolute atomic E-state index is 12.1. The standard InChI is InChI=1S/C19H16N2O3/c1-3-21-15-10-5-4-8-13(15)14-9-6-7-12(17(14)21)11-16-18(22)20(2)19(23)24-16/h4-11H,3H2,1-2H3/b16-11+. The largest absolute Gasteiger partial charge is 0.422 e. The summed E-state index contributed by atoms with van der Waals surface area (Å²) in [4.78, 5) is 24.6. The van der Waals surface area contributed by atoms with E-state index < -0.39 is 12.0 Å². The Balaban J connectivity index is 2.01. The summed E-state index contributed by atoms with van der Waals surface area (Å²) in [6, 6.07) is 14.2. The van der Waals surface area contributed by atoms with Gasteiger partial charge in [0.05, 0.1) is 5.52 Å². The third-order valence-corrected chi connectivity index (χ3v) is 4.41. The van der Waals surface area contributed by atoms with Crippen LogP contribution in [0.25, 0.3) is 27.9 Å². The van der Waals surface area contributed by atoms with E-state index in [0.717, 1.165) is 33.4 Å². The number of amides is 2. The van der Waals surface area contributed by atoms with Gasteiger partial charge < -0.3 is 9.30 Å². The molecule has 0 spiro atoms. The second-order valence-electron chi connectivity index (χ2n) is 5.75. The summed E-state index contributed by atoms with van der Waals surface area (Å²) in [5.41, 5.74) is 3.04. The molecule has 1 aromatic heterocycles. The molecule has 0 unspecified atom stereocenters. The smallest absolute Gasteiger partial charge is 0.404 e. The SMILES string of the molecule is CCn1c2ccccc2c2cccc(/C=C3/OC(=O)N(C)C3=O)c21. The third kappa shape index (κ3) is 1.94. The number of imide groups is 1. The van der Waals surface area contributed by atoms with E-state index in [4.69, 9.17) is 4.74 Å². The van der Waals surface area contributed by atoms with Crippen LogP contribution in [0, 0.1) is 0 Å². The van der Waals surface area contributed by atoms with Crippen molar-refractivity contribution in [2.24, 2.45) is 0 Å². The fraction of sp³-hybridized carbons (Fsp3) is 0.158. The van der Waals surface area contributed by atoms with Gasteiger partial charge in [-0.3, -0.25) is 4.79 Å². The lowest BCUT2D eigenvalue weighted by atomic mass is 10.1. The molecule has 5 heteroatoms. The van der Waals surface area contributed by atoms with Gasteiger partial charge in [0, 0.05) is 35.4 Å². The van der Waals surface area contributed by atoms with Crippen LogP contribution < -0.4 is 0 Å². The second-order valence-corrected chi connectivity index (χ2v) is 5.75. The number of cyclic esters (lactones) is 1. The second kappa shape index (κ2) is 5.23. The van der Waals surface area contributed by atoms with Crippen LogP contribution in [0.3, 0.4) is 0 Å². The normalized spacial score (nSPS) is 16.6. The molecule has 0 saturated carbocycles. The summed E-state index contributed by atoms with van der Waals surface area (Å²) in [7, 11) is 1.41. The molecule has 2 amide bonds. The van der Waals surface area contributed by atoms with Gasteiger partial charge in [0.15, 0.2) is 5.76 Å². The first-order valence-corrected chi connectivity index (χ1v) is 7.83. The molecular formula is C19H16N2O3. The molecule has 3 aromatic rings. The minimum Gasteiger partial charge on any atom is -0.404 e. The maximum atomic E-state index is 12.1. The fourth-order valence-electron chi connectivity index (χ4n) is 3.27. The van der Waals surface area contributed by atoms with E-state index in [-0.39, 0.29) is 5.76 Å². The Hall–Kier alpha value is -3.08. The van der Waals surface area contributed by atoms with E-state index in [0.29, 0.717) is 0 Å². The number of carbonyl (C=O) groups is 2. The highest BCUT2D eigenvalue weighted by atomic mass is 16.6. The Morgan fingerprint density at radius 3 is 2.50 bits per heavy atom. The number of para-hydroxylation sites is 2. The van der Waals surface area contributed by atoms with Gasteiger partial charge in [-0.15, -0.1) is 0 Å². The van der Waals surface area contributed by atoms with Crippen molar-refractivity contribution in [3.8, 4) is 0 Å². The Labute approximate surface area is 138 Å². The van der Waals surface area contributed by atoms with Crippen molar-refractivity contribution >= 4 is 39.9 Å². The van der Waals surface area contributed by atoms with E-state index in [1.807, 2.05) is 24.3 Å². The first kappa shape index (κ1) is 14.5. The lowest BCUT2D eigenvalue weighted by molar-refractivity contribution is -0.122. The van der Waals surface area contributed by atoms with Crippen molar-refractivity contribution < 1.29 is 14.3 Å². The molecule has 0 aliphatic carbocycles. The highest BCUT2D eigenvalue weighted by Gasteiger charge is 2.33. The molecule has 1 saturated heterocycles. The topological polar surface area (TPSA) is 51.5 Å². The number of aryl methyl sites for hydroxylation is 1. The predicted molar refractivity (Wildman–Crippen MR) is 92.3 cm³/mol. The van der Waals surface area contributed by atoms with Crippen molar-refractivity contribution in [1.82, 2.24) is 9.47 Å². The Morgan fingerprint density at radius 2 is 1.79 bits per heavy atom.